The largest absolute Gasteiger partial charge is 0.326 e. The molecule has 0 amide bonds. The molecule has 0 aliphatic heterocycles. The van der Waals surface area contributed by atoms with Gasteiger partial charge in [0.15, 0.2) is 0 Å². The summed E-state index contributed by atoms with van der Waals surface area (Å²) >= 11 is 0. The lowest BCUT2D eigenvalue weighted by atomic mass is 10.2. The molecule has 0 saturated heterocycles. The van der Waals surface area contributed by atoms with E-state index in [1.165, 1.54) is 5.56 Å². The Morgan fingerprint density at radius 2 is 1.53 bits per heavy atom. The molecule has 6 nitrogen and oxygen atoms in total. The number of benzene rings is 1. The molecule has 17 heavy (non-hydrogen) atoms. The van der Waals surface area contributed by atoms with E-state index in [9.17, 15) is 9.13 Å². The van der Waals surface area contributed by atoms with Gasteiger partial charge in [-0.15, -0.1) is 0 Å². The Bertz CT molecular complexity index is 308. The van der Waals surface area contributed by atoms with E-state index in [0.717, 1.165) is 0 Å². The van der Waals surface area contributed by atoms with Crippen molar-refractivity contribution in [3.63, 3.8) is 0 Å². The van der Waals surface area contributed by atoms with Crippen molar-refractivity contribution >= 4 is 16.5 Å². The molecule has 0 radical (unpaired) electrons. The second-order valence-corrected chi connectivity index (χ2v) is 4.20. The minimum atomic E-state index is -3.20. The standard InChI is InChI=1S/C7H9N.C2H6.H4O5P2/c8-6-7-4-2-1-3-5-7;1-2;1-6(2)5-7(3)4/h1-5H,6,8H2;1-2H3;6-7H,(H,1,2)(H,3,4). The Kier molecular flexibility index (Phi) is 15.1. The maximum atomic E-state index is 9.44. The van der Waals surface area contributed by atoms with Gasteiger partial charge in [0.25, 0.3) is 0 Å². The lowest BCUT2D eigenvalue weighted by Crippen LogP contribution is -1.94. The summed E-state index contributed by atoms with van der Waals surface area (Å²) in [6.45, 7) is 4.64. The van der Waals surface area contributed by atoms with Crippen LogP contribution in [0.4, 0.5) is 0 Å². The lowest BCUT2D eigenvalue weighted by Gasteiger charge is -1.90. The lowest BCUT2D eigenvalue weighted by molar-refractivity contribution is 0.371. The fraction of sp³-hybridized carbons (Fsp3) is 0.333. The van der Waals surface area contributed by atoms with Crippen LogP contribution in [0.5, 0.6) is 0 Å². The molecule has 1 rings (SSSR count). The van der Waals surface area contributed by atoms with E-state index < -0.39 is 16.5 Å². The van der Waals surface area contributed by atoms with Crippen molar-refractivity contribution in [3.05, 3.63) is 35.9 Å². The smallest absolute Gasteiger partial charge is 0.323 e. The molecule has 2 atom stereocenters. The third kappa shape index (κ3) is 15.5. The monoisotopic (exact) mass is 283 g/mol. The first-order valence-corrected chi connectivity index (χ1v) is 7.46. The van der Waals surface area contributed by atoms with Crippen LogP contribution in [0.2, 0.25) is 0 Å². The van der Waals surface area contributed by atoms with Crippen molar-refractivity contribution in [1.82, 2.24) is 0 Å². The molecule has 4 N–H and O–H groups in total. The zero-order valence-electron chi connectivity index (χ0n) is 9.79. The van der Waals surface area contributed by atoms with E-state index in [0.29, 0.717) is 6.54 Å². The average molecular weight is 283 g/mol. The highest BCUT2D eigenvalue weighted by Gasteiger charge is 1.93. The van der Waals surface area contributed by atoms with Crippen LogP contribution in [-0.2, 0) is 20.0 Å². The minimum absolute atomic E-state index is 0.640. The second-order valence-electron chi connectivity index (χ2n) is 2.32. The van der Waals surface area contributed by atoms with Gasteiger partial charge in [-0.1, -0.05) is 44.2 Å². The molecule has 1 aromatic carbocycles. The molecule has 0 bridgehead atoms. The summed E-state index contributed by atoms with van der Waals surface area (Å²) in [5.74, 6) is 0. The van der Waals surface area contributed by atoms with E-state index in [-0.39, 0.29) is 0 Å². The molecule has 1 aromatic rings. The predicted molar refractivity (Wildman–Crippen MR) is 69.2 cm³/mol. The van der Waals surface area contributed by atoms with E-state index in [1.54, 1.807) is 0 Å². The highest BCUT2D eigenvalue weighted by atomic mass is 31.2. The quantitative estimate of drug-likeness (QED) is 0.731. The first kappa shape index (κ1) is 18.9. The Morgan fingerprint density at radius 1 is 1.12 bits per heavy atom. The van der Waals surface area contributed by atoms with Gasteiger partial charge in [-0.2, -0.15) is 0 Å². The summed E-state index contributed by atoms with van der Waals surface area (Å²) in [5.41, 5.74) is 6.54. The number of nitrogens with two attached hydrogens (primary N) is 1. The first-order valence-electron chi connectivity index (χ1n) is 4.94. The normalized spacial score (nSPS) is 12.3. The number of hydrogen-bond donors (Lipinski definition) is 3. The van der Waals surface area contributed by atoms with Gasteiger partial charge in [-0.25, -0.2) is 4.31 Å². The molecule has 8 heteroatoms. The fourth-order valence-electron chi connectivity index (χ4n) is 0.689. The molecular weight excluding hydrogens is 264 g/mol. The van der Waals surface area contributed by atoms with Crippen LogP contribution >= 0.6 is 16.5 Å². The van der Waals surface area contributed by atoms with Gasteiger partial charge in [0.1, 0.15) is 0 Å². The molecule has 0 aliphatic carbocycles. The van der Waals surface area contributed by atoms with Crippen LogP contribution in [-0.4, -0.2) is 9.79 Å². The van der Waals surface area contributed by atoms with Gasteiger partial charge < -0.3 is 15.5 Å². The Morgan fingerprint density at radius 3 is 1.71 bits per heavy atom. The van der Waals surface area contributed by atoms with Gasteiger partial charge in [0.05, 0.1) is 0 Å². The topological polar surface area (TPSA) is 110 Å². The highest BCUT2D eigenvalue weighted by Crippen LogP contribution is 2.30. The first-order chi connectivity index (χ1) is 8.06. The Balaban J connectivity index is 0. The third-order valence-corrected chi connectivity index (χ3v) is 2.65. The van der Waals surface area contributed by atoms with Gasteiger partial charge >= 0.3 is 16.5 Å². The van der Waals surface area contributed by atoms with Crippen molar-refractivity contribution in [1.29, 1.82) is 0 Å². The molecule has 0 aliphatic rings. The molecule has 100 valence electrons. The molecule has 0 spiro atoms. The zero-order chi connectivity index (χ0) is 13.7. The Hall–Kier alpha value is -0.480. The maximum absolute atomic E-state index is 9.44. The highest BCUT2D eigenvalue weighted by molar-refractivity contribution is 7.46. The van der Waals surface area contributed by atoms with Gasteiger partial charge in [-0.3, -0.25) is 9.13 Å². The fourth-order valence-corrected chi connectivity index (χ4v) is 1.29. The summed E-state index contributed by atoms with van der Waals surface area (Å²) in [4.78, 5) is 15.4. The van der Waals surface area contributed by atoms with Gasteiger partial charge in [0, 0.05) is 6.54 Å². The predicted octanol–water partition coefficient (Wildman–Crippen LogP) is 1.94. The Labute approximate surface area is 102 Å². The van der Waals surface area contributed by atoms with Crippen LogP contribution in [0, 0.1) is 0 Å². The van der Waals surface area contributed by atoms with E-state index in [4.69, 9.17) is 15.5 Å². The van der Waals surface area contributed by atoms with Crippen LogP contribution in [0.25, 0.3) is 0 Å². The van der Waals surface area contributed by atoms with Crippen molar-refractivity contribution in [2.24, 2.45) is 5.73 Å². The summed E-state index contributed by atoms with van der Waals surface area (Å²) in [6.07, 6.45) is 0. The molecular formula is C9H19NO5P2. The van der Waals surface area contributed by atoms with Crippen molar-refractivity contribution in [3.8, 4) is 0 Å². The van der Waals surface area contributed by atoms with Crippen molar-refractivity contribution in [2.75, 3.05) is 0 Å². The molecule has 0 saturated carbocycles. The van der Waals surface area contributed by atoms with Crippen LogP contribution in [0.15, 0.2) is 30.3 Å². The zero-order valence-corrected chi connectivity index (χ0v) is 11.8. The van der Waals surface area contributed by atoms with Crippen LogP contribution < -0.4 is 5.73 Å². The molecule has 2 unspecified atom stereocenters. The third-order valence-electron chi connectivity index (χ3n) is 1.25. The second kappa shape index (κ2) is 13.6. The number of rotatable bonds is 3. The van der Waals surface area contributed by atoms with E-state index >= 15 is 0 Å². The summed E-state index contributed by atoms with van der Waals surface area (Å²) in [7, 11) is -6.40. The van der Waals surface area contributed by atoms with E-state index in [1.807, 2.05) is 44.2 Å². The molecule has 0 heterocycles. The number of hydrogen-bond acceptors (Lipinski definition) is 4. The average Bonchev–Trinajstić information content (AvgIpc) is 2.32. The van der Waals surface area contributed by atoms with Gasteiger partial charge in [-0.05, 0) is 5.56 Å². The summed E-state index contributed by atoms with van der Waals surface area (Å²) < 4.78 is 22.3. The van der Waals surface area contributed by atoms with Gasteiger partial charge in [0.2, 0.25) is 0 Å². The minimum Gasteiger partial charge on any atom is -0.326 e. The van der Waals surface area contributed by atoms with E-state index in [2.05, 4.69) is 4.31 Å². The van der Waals surface area contributed by atoms with Crippen molar-refractivity contribution < 1.29 is 23.2 Å². The van der Waals surface area contributed by atoms with Crippen molar-refractivity contribution in [2.45, 2.75) is 20.4 Å². The SMILES string of the molecule is CC.NCc1ccccc1.O=[PH](O)O[PH](=O)O. The maximum Gasteiger partial charge on any atom is 0.323 e. The molecule has 0 fully saturated rings. The summed E-state index contributed by atoms with van der Waals surface area (Å²) in [6, 6.07) is 9.99. The molecule has 0 aromatic heterocycles. The van der Waals surface area contributed by atoms with Crippen LogP contribution in [0.1, 0.15) is 19.4 Å². The summed E-state index contributed by atoms with van der Waals surface area (Å²) in [5, 5.41) is 0. The van der Waals surface area contributed by atoms with Crippen LogP contribution in [0.3, 0.4) is 0 Å².